The van der Waals surface area contributed by atoms with Crippen LogP contribution in [0.15, 0.2) is 12.3 Å². The quantitative estimate of drug-likeness (QED) is 0.495. The largest absolute Gasteiger partial charge is 0.427 e. The Balaban J connectivity index is 3.01. The maximum absolute atomic E-state index is 9.31. The Hall–Kier alpha value is -1.78. The second-order valence-electron chi connectivity index (χ2n) is 2.76. The van der Waals surface area contributed by atoms with Crippen LogP contribution in [0.25, 0.3) is 11.0 Å². The van der Waals surface area contributed by atoms with Gasteiger partial charge < -0.3 is 21.2 Å². The summed E-state index contributed by atoms with van der Waals surface area (Å²) >= 11 is 0. The highest BCUT2D eigenvalue weighted by molar-refractivity contribution is 5.97. The molecule has 2 aromatic rings. The Morgan fingerprint density at radius 1 is 1.42 bits per heavy atom. The lowest BCUT2D eigenvalue weighted by Crippen LogP contribution is -2.01. The normalized spacial score (nSPS) is 11.1. The van der Waals surface area contributed by atoms with Crippen LogP contribution in [0.1, 0.15) is 0 Å². The molecule has 5 heteroatoms. The Bertz CT molecular complexity index is 440. The van der Waals surface area contributed by atoms with E-state index in [1.807, 2.05) is 0 Å². The van der Waals surface area contributed by atoms with E-state index in [0.29, 0.717) is 17.2 Å². The number of hydrogen-bond acceptors (Lipinski definition) is 3. The molecule has 0 fully saturated rings. The van der Waals surface area contributed by atoms with Crippen LogP contribution in [0, 0.1) is 0 Å². The van der Waals surface area contributed by atoms with Crippen LogP contribution in [0.5, 0.6) is 0 Å². The molecule has 64 valence electrons. The second-order valence-corrected chi connectivity index (χ2v) is 2.76. The molecule has 0 aromatic carbocycles. The topological polar surface area (TPSA) is 82.1 Å². The summed E-state index contributed by atoms with van der Waals surface area (Å²) in [6.07, 6.45) is 1.53. The van der Waals surface area contributed by atoms with Crippen molar-refractivity contribution in [2.24, 2.45) is 7.05 Å². The van der Waals surface area contributed by atoms with Crippen LogP contribution < -0.4 is 11.5 Å². The van der Waals surface area contributed by atoms with E-state index in [1.54, 1.807) is 17.7 Å². The van der Waals surface area contributed by atoms with Crippen LogP contribution in [-0.4, -0.2) is 14.5 Å². The van der Waals surface area contributed by atoms with E-state index in [0.717, 1.165) is 10.1 Å². The number of hydrogen-bond donors (Lipinski definition) is 3. The molecule has 0 radical (unpaired) electrons. The molecule has 0 saturated carbocycles. The van der Waals surface area contributed by atoms with E-state index in [2.05, 4.69) is 0 Å². The molecule has 0 spiro atoms. The Morgan fingerprint density at radius 3 is 2.67 bits per heavy atom. The molecule has 0 unspecified atom stereocenters. The lowest BCUT2D eigenvalue weighted by Gasteiger charge is -1.98. The van der Waals surface area contributed by atoms with Gasteiger partial charge in [0.1, 0.15) is 5.82 Å². The minimum absolute atomic E-state index is 0.475. The number of aromatic nitrogens is 2. The van der Waals surface area contributed by atoms with Gasteiger partial charge in [-0.25, -0.2) is 0 Å². The van der Waals surface area contributed by atoms with E-state index in [4.69, 9.17) is 11.5 Å². The summed E-state index contributed by atoms with van der Waals surface area (Å²) in [6, 6.07) is 1.72. The first-order valence-electron chi connectivity index (χ1n) is 3.53. The molecular weight excluding hydrogens is 156 g/mol. The number of nitrogen functional groups attached to an aromatic ring is 2. The van der Waals surface area contributed by atoms with Gasteiger partial charge in [0, 0.05) is 18.6 Å². The molecule has 0 aliphatic rings. The molecule has 0 aliphatic heterocycles. The molecule has 5 N–H and O–H groups in total. The second kappa shape index (κ2) is 1.88. The Labute approximate surface area is 68.7 Å². The summed E-state index contributed by atoms with van der Waals surface area (Å²) in [4.78, 5) is 0. The smallest absolute Gasteiger partial charge is 0.159 e. The van der Waals surface area contributed by atoms with Gasteiger partial charge in [0.15, 0.2) is 5.65 Å². The first-order chi connectivity index (χ1) is 5.63. The van der Waals surface area contributed by atoms with Gasteiger partial charge in [-0.2, -0.15) is 4.73 Å². The van der Waals surface area contributed by atoms with Crippen molar-refractivity contribution in [2.75, 3.05) is 11.5 Å². The molecule has 0 saturated heterocycles. The molecule has 2 aromatic heterocycles. The zero-order chi connectivity index (χ0) is 8.88. The van der Waals surface area contributed by atoms with Crippen molar-refractivity contribution in [1.29, 1.82) is 0 Å². The third-order valence-electron chi connectivity index (χ3n) is 2.09. The summed E-state index contributed by atoms with van der Waals surface area (Å²) < 4.78 is 2.65. The SMILES string of the molecule is Cn1c(N)c(N)c2ccn(O)c21. The number of nitrogens with two attached hydrogens (primary N) is 2. The van der Waals surface area contributed by atoms with Crippen molar-refractivity contribution in [1.82, 2.24) is 9.30 Å². The standard InChI is InChI=1S/C7H10N4O/c1-10-6(9)5(8)4-2-3-11(12)7(4)10/h2-3,12H,8-9H2,1H3. The van der Waals surface area contributed by atoms with Crippen LogP contribution in [-0.2, 0) is 7.05 Å². The zero-order valence-corrected chi connectivity index (χ0v) is 6.65. The molecule has 5 nitrogen and oxygen atoms in total. The van der Waals surface area contributed by atoms with E-state index in [-0.39, 0.29) is 0 Å². The monoisotopic (exact) mass is 166 g/mol. The first kappa shape index (κ1) is 6.90. The fraction of sp³-hybridized carbons (Fsp3) is 0.143. The van der Waals surface area contributed by atoms with E-state index >= 15 is 0 Å². The van der Waals surface area contributed by atoms with Crippen molar-refractivity contribution < 1.29 is 5.21 Å². The van der Waals surface area contributed by atoms with Crippen LogP contribution in [0.2, 0.25) is 0 Å². The van der Waals surface area contributed by atoms with Crippen LogP contribution >= 0.6 is 0 Å². The van der Waals surface area contributed by atoms with Gasteiger partial charge in [-0.05, 0) is 6.07 Å². The molecule has 0 amide bonds. The first-order valence-corrected chi connectivity index (χ1v) is 3.53. The predicted molar refractivity (Wildman–Crippen MR) is 46.9 cm³/mol. The third kappa shape index (κ3) is 0.578. The Morgan fingerprint density at radius 2 is 2.08 bits per heavy atom. The Kier molecular flexibility index (Phi) is 1.08. The molecule has 0 atom stereocenters. The van der Waals surface area contributed by atoms with Gasteiger partial charge in [0.05, 0.1) is 5.69 Å². The van der Waals surface area contributed by atoms with E-state index in [9.17, 15) is 5.21 Å². The van der Waals surface area contributed by atoms with Crippen molar-refractivity contribution in [3.05, 3.63) is 12.3 Å². The summed E-state index contributed by atoms with van der Waals surface area (Å²) in [5.41, 5.74) is 12.5. The fourth-order valence-corrected chi connectivity index (χ4v) is 1.39. The average molecular weight is 166 g/mol. The van der Waals surface area contributed by atoms with E-state index < -0.39 is 0 Å². The highest BCUT2D eigenvalue weighted by Gasteiger charge is 2.12. The summed E-state index contributed by atoms with van der Waals surface area (Å²) in [5, 5.41) is 10.1. The van der Waals surface area contributed by atoms with Gasteiger partial charge in [-0.3, -0.25) is 0 Å². The molecule has 12 heavy (non-hydrogen) atoms. The van der Waals surface area contributed by atoms with Gasteiger partial charge in [0.25, 0.3) is 0 Å². The van der Waals surface area contributed by atoms with Crippen molar-refractivity contribution >= 4 is 22.5 Å². The predicted octanol–water partition coefficient (Wildman–Crippen LogP) is 0.381. The summed E-state index contributed by atoms with van der Waals surface area (Å²) in [7, 11) is 1.75. The number of anilines is 2. The lowest BCUT2D eigenvalue weighted by molar-refractivity contribution is 0.197. The molecule has 0 aliphatic carbocycles. The maximum atomic E-state index is 9.31. The molecule has 2 rings (SSSR count). The van der Waals surface area contributed by atoms with Crippen molar-refractivity contribution in [3.8, 4) is 0 Å². The van der Waals surface area contributed by atoms with Crippen molar-refractivity contribution in [2.45, 2.75) is 0 Å². The van der Waals surface area contributed by atoms with Gasteiger partial charge >= 0.3 is 0 Å². The molecule has 0 bridgehead atoms. The number of fused-ring (bicyclic) bond motifs is 1. The van der Waals surface area contributed by atoms with Gasteiger partial charge in [-0.15, -0.1) is 0 Å². The molecule has 2 heterocycles. The lowest BCUT2D eigenvalue weighted by atomic mass is 10.3. The van der Waals surface area contributed by atoms with Gasteiger partial charge in [0.2, 0.25) is 0 Å². The van der Waals surface area contributed by atoms with Crippen molar-refractivity contribution in [3.63, 3.8) is 0 Å². The summed E-state index contributed by atoms with van der Waals surface area (Å²) in [6.45, 7) is 0. The number of nitrogens with zero attached hydrogens (tertiary/aromatic N) is 2. The zero-order valence-electron chi connectivity index (χ0n) is 6.65. The fourth-order valence-electron chi connectivity index (χ4n) is 1.39. The minimum Gasteiger partial charge on any atom is -0.427 e. The minimum atomic E-state index is 0.475. The highest BCUT2D eigenvalue weighted by Crippen LogP contribution is 2.29. The number of aryl methyl sites for hydroxylation is 1. The van der Waals surface area contributed by atoms with Gasteiger partial charge in [-0.1, -0.05) is 0 Å². The average Bonchev–Trinajstić information content (AvgIpc) is 2.51. The van der Waals surface area contributed by atoms with Crippen LogP contribution in [0.3, 0.4) is 0 Å². The van der Waals surface area contributed by atoms with E-state index in [1.165, 1.54) is 6.20 Å². The third-order valence-corrected chi connectivity index (χ3v) is 2.09. The molecular formula is C7H10N4O. The maximum Gasteiger partial charge on any atom is 0.159 e. The highest BCUT2D eigenvalue weighted by atomic mass is 16.5. The van der Waals surface area contributed by atoms with Crippen LogP contribution in [0.4, 0.5) is 11.5 Å². The number of rotatable bonds is 0. The summed E-state index contributed by atoms with van der Waals surface area (Å²) in [5.74, 6) is 0.475.